The van der Waals surface area contributed by atoms with Gasteiger partial charge in [0.2, 0.25) is 0 Å². The number of amides is 1. The minimum Gasteiger partial charge on any atom is -0.495 e. The van der Waals surface area contributed by atoms with Crippen LogP contribution in [0.3, 0.4) is 0 Å². The van der Waals surface area contributed by atoms with Crippen LogP contribution in [0.4, 0.5) is 10.1 Å². The van der Waals surface area contributed by atoms with Gasteiger partial charge in [0.15, 0.2) is 0 Å². The van der Waals surface area contributed by atoms with E-state index < -0.39 is 27.2 Å². The third kappa shape index (κ3) is 6.81. The fourth-order valence-corrected chi connectivity index (χ4v) is 7.96. The van der Waals surface area contributed by atoms with Gasteiger partial charge in [0, 0.05) is 24.7 Å². The van der Waals surface area contributed by atoms with Crippen molar-refractivity contribution in [3.63, 3.8) is 0 Å². The summed E-state index contributed by atoms with van der Waals surface area (Å²) in [4.78, 5) is 19.3. The minimum absolute atomic E-state index is 0. The van der Waals surface area contributed by atoms with Crippen LogP contribution in [0, 0.1) is 5.82 Å². The lowest BCUT2D eigenvalue weighted by molar-refractivity contribution is -0.121. The molecule has 0 N–H and O–H groups in total. The fourth-order valence-electron chi connectivity index (χ4n) is 6.25. The summed E-state index contributed by atoms with van der Waals surface area (Å²) in [6.07, 6.45) is 1.64. The number of ether oxygens (including phenoxy) is 2. The van der Waals surface area contributed by atoms with Gasteiger partial charge in [-0.1, -0.05) is 29.8 Å². The molecule has 3 aromatic carbocycles. The Morgan fingerprint density at radius 2 is 1.71 bits per heavy atom. The number of nitrogens with zero attached hydrogens (tertiary/aromatic N) is 3. The van der Waals surface area contributed by atoms with Crippen LogP contribution in [0.15, 0.2) is 65.6 Å². The number of sulfonamides is 1. The molecule has 3 aromatic rings. The number of likely N-dealkylation sites (N-methyl/N-ethyl adjacent to an activating group) is 1. The number of hydrogen-bond acceptors (Lipinski definition) is 7. The standard InChI is InChI=1S/C33H39ClFN3O5S.ClH/c1-23(2)43-24-11-13-25(14-12-24)44(40,41)38-30-22-31(42-4)28(34)21-27(30)33(32(38)39,26-9-5-6-10-29(26)35)15-7-17-37-18-8-16-36(3)19-20-37;/h5-6,9-14,21-23H,7-8,15-20H2,1-4H3;1H. The van der Waals surface area contributed by atoms with Crippen molar-refractivity contribution in [1.82, 2.24) is 9.80 Å². The Balaban J connectivity index is 0.00000461. The highest BCUT2D eigenvalue weighted by molar-refractivity contribution is 7.93. The van der Waals surface area contributed by atoms with E-state index in [4.69, 9.17) is 21.1 Å². The number of rotatable bonds is 10. The molecule has 2 aliphatic rings. The van der Waals surface area contributed by atoms with Gasteiger partial charge in [-0.15, -0.1) is 12.4 Å². The van der Waals surface area contributed by atoms with Crippen LogP contribution in [0.1, 0.15) is 44.2 Å². The highest BCUT2D eigenvalue weighted by Gasteiger charge is 2.57. The molecular formula is C33H40Cl2FN3O5S. The normalized spacial score (nSPS) is 19.3. The SMILES string of the molecule is COc1cc2c(cc1Cl)C(CCCN1CCCN(C)CC1)(c1ccccc1F)C(=O)N2S(=O)(=O)c1ccc(OC(C)C)cc1.Cl. The Morgan fingerprint density at radius 3 is 2.38 bits per heavy atom. The number of halogens is 3. The Kier molecular flexibility index (Phi) is 11.1. The van der Waals surface area contributed by atoms with Gasteiger partial charge in [-0.25, -0.2) is 17.1 Å². The summed E-state index contributed by atoms with van der Waals surface area (Å²) in [6, 6.07) is 15.0. The van der Waals surface area contributed by atoms with Crippen LogP contribution in [-0.4, -0.2) is 77.1 Å². The second kappa shape index (κ2) is 14.3. The van der Waals surface area contributed by atoms with Gasteiger partial charge in [0.1, 0.15) is 22.7 Å². The lowest BCUT2D eigenvalue weighted by atomic mass is 9.72. The van der Waals surface area contributed by atoms with Crippen LogP contribution < -0.4 is 13.8 Å². The first kappa shape index (κ1) is 35.0. The first-order chi connectivity index (χ1) is 21.0. The van der Waals surface area contributed by atoms with Gasteiger partial charge in [0.05, 0.1) is 28.8 Å². The first-order valence-electron chi connectivity index (χ1n) is 14.9. The van der Waals surface area contributed by atoms with Gasteiger partial charge in [-0.05, 0) is 102 Å². The molecule has 0 radical (unpaired) electrons. The molecule has 1 saturated heterocycles. The second-order valence-electron chi connectivity index (χ2n) is 11.7. The van der Waals surface area contributed by atoms with Crippen LogP contribution in [-0.2, 0) is 20.2 Å². The molecule has 1 unspecified atom stereocenters. The van der Waals surface area contributed by atoms with E-state index in [1.807, 2.05) is 13.8 Å². The van der Waals surface area contributed by atoms with E-state index in [0.717, 1.165) is 36.9 Å². The Labute approximate surface area is 276 Å². The summed E-state index contributed by atoms with van der Waals surface area (Å²) in [6.45, 7) is 8.17. The maximum atomic E-state index is 15.8. The minimum atomic E-state index is -4.44. The summed E-state index contributed by atoms with van der Waals surface area (Å²) >= 11 is 6.61. The Hall–Kier alpha value is -2.89. The maximum Gasteiger partial charge on any atom is 0.270 e. The van der Waals surface area contributed by atoms with E-state index in [0.29, 0.717) is 24.3 Å². The van der Waals surface area contributed by atoms with E-state index >= 15 is 4.39 Å². The summed E-state index contributed by atoms with van der Waals surface area (Å²) in [7, 11) is -0.925. The highest BCUT2D eigenvalue weighted by Crippen LogP contribution is 2.53. The molecule has 244 valence electrons. The molecule has 1 fully saturated rings. The summed E-state index contributed by atoms with van der Waals surface area (Å²) in [5.41, 5.74) is -1.09. The number of fused-ring (bicyclic) bond motifs is 1. The molecule has 0 spiro atoms. The lowest BCUT2D eigenvalue weighted by Crippen LogP contribution is -2.45. The molecule has 1 atom stereocenters. The van der Waals surface area contributed by atoms with Crippen molar-refractivity contribution in [3.8, 4) is 11.5 Å². The van der Waals surface area contributed by atoms with E-state index in [-0.39, 0.29) is 51.9 Å². The van der Waals surface area contributed by atoms with Crippen molar-refractivity contribution in [2.75, 3.05) is 51.2 Å². The third-order valence-electron chi connectivity index (χ3n) is 8.40. The summed E-state index contributed by atoms with van der Waals surface area (Å²) in [5, 5.41) is 0.199. The molecular weight excluding hydrogens is 640 g/mol. The maximum absolute atomic E-state index is 15.8. The Morgan fingerprint density at radius 1 is 1.00 bits per heavy atom. The van der Waals surface area contributed by atoms with E-state index in [9.17, 15) is 13.2 Å². The van der Waals surface area contributed by atoms with E-state index in [2.05, 4.69) is 16.8 Å². The molecule has 2 heterocycles. The number of anilines is 1. The molecule has 8 nitrogen and oxygen atoms in total. The zero-order valence-corrected chi connectivity index (χ0v) is 28.4. The molecule has 2 aliphatic heterocycles. The largest absolute Gasteiger partial charge is 0.495 e. The third-order valence-corrected chi connectivity index (χ3v) is 10.4. The zero-order chi connectivity index (χ0) is 31.6. The number of benzene rings is 3. The van der Waals surface area contributed by atoms with Crippen molar-refractivity contribution in [1.29, 1.82) is 0 Å². The first-order valence-corrected chi connectivity index (χ1v) is 16.7. The van der Waals surface area contributed by atoms with Crippen molar-refractivity contribution in [2.24, 2.45) is 0 Å². The summed E-state index contributed by atoms with van der Waals surface area (Å²) in [5.74, 6) is -0.636. The topological polar surface area (TPSA) is 79.4 Å². The fraction of sp³-hybridized carbons (Fsp3) is 0.424. The smallest absolute Gasteiger partial charge is 0.270 e. The number of carbonyl (C=O) groups excluding carboxylic acids is 1. The van der Waals surface area contributed by atoms with E-state index in [1.54, 1.807) is 36.4 Å². The van der Waals surface area contributed by atoms with Crippen LogP contribution in [0.2, 0.25) is 5.02 Å². The Bertz CT molecular complexity index is 1620. The second-order valence-corrected chi connectivity index (χ2v) is 13.9. The predicted octanol–water partition coefficient (Wildman–Crippen LogP) is 6.14. The molecule has 5 rings (SSSR count). The average Bonchev–Trinajstić information content (AvgIpc) is 3.08. The van der Waals surface area contributed by atoms with Crippen molar-refractivity contribution >= 4 is 45.6 Å². The van der Waals surface area contributed by atoms with Crippen LogP contribution in [0.5, 0.6) is 11.5 Å². The molecule has 0 aliphatic carbocycles. The monoisotopic (exact) mass is 679 g/mol. The lowest BCUT2D eigenvalue weighted by Gasteiger charge is -2.31. The van der Waals surface area contributed by atoms with Gasteiger partial charge in [-0.3, -0.25) is 4.79 Å². The molecule has 0 saturated carbocycles. The molecule has 0 bridgehead atoms. The number of hydrogen-bond donors (Lipinski definition) is 0. The van der Waals surface area contributed by atoms with Crippen LogP contribution >= 0.6 is 24.0 Å². The average molecular weight is 681 g/mol. The van der Waals surface area contributed by atoms with Gasteiger partial charge < -0.3 is 19.3 Å². The molecule has 45 heavy (non-hydrogen) atoms. The van der Waals surface area contributed by atoms with Gasteiger partial charge in [-0.2, -0.15) is 0 Å². The zero-order valence-electron chi connectivity index (χ0n) is 26.0. The van der Waals surface area contributed by atoms with Crippen molar-refractivity contribution in [3.05, 3.63) is 82.6 Å². The summed E-state index contributed by atoms with van der Waals surface area (Å²) < 4.78 is 56.3. The van der Waals surface area contributed by atoms with Crippen molar-refractivity contribution < 1.29 is 27.1 Å². The van der Waals surface area contributed by atoms with Gasteiger partial charge in [0.25, 0.3) is 15.9 Å². The predicted molar refractivity (Wildman–Crippen MR) is 177 cm³/mol. The molecule has 12 heteroatoms. The molecule has 1 amide bonds. The van der Waals surface area contributed by atoms with Crippen molar-refractivity contribution in [2.45, 2.75) is 49.5 Å². The highest BCUT2D eigenvalue weighted by atomic mass is 35.5. The number of carbonyl (C=O) groups is 1. The van der Waals surface area contributed by atoms with Gasteiger partial charge >= 0.3 is 0 Å². The quantitative estimate of drug-likeness (QED) is 0.255. The van der Waals surface area contributed by atoms with Crippen LogP contribution in [0.25, 0.3) is 0 Å². The molecule has 0 aromatic heterocycles. The van der Waals surface area contributed by atoms with E-state index in [1.165, 1.54) is 31.4 Å². The number of methoxy groups -OCH3 is 1.